The Morgan fingerprint density at radius 1 is 1.39 bits per heavy atom. The molecule has 4 heteroatoms. The van der Waals surface area contributed by atoms with E-state index in [2.05, 4.69) is 44.8 Å². The van der Waals surface area contributed by atoms with Crippen molar-refractivity contribution in [1.82, 2.24) is 5.32 Å². The average Bonchev–Trinajstić information content (AvgIpc) is 2.87. The molecule has 96 valence electrons. The molecule has 2 rings (SSSR count). The molecule has 0 radical (unpaired) electrons. The van der Waals surface area contributed by atoms with Gasteiger partial charge in [0.1, 0.15) is 5.75 Å². The van der Waals surface area contributed by atoms with Gasteiger partial charge in [0.15, 0.2) is 0 Å². The highest BCUT2D eigenvalue weighted by Crippen LogP contribution is 2.33. The first kappa shape index (κ1) is 13.6. The maximum absolute atomic E-state index is 5.50. The summed E-state index contributed by atoms with van der Waals surface area (Å²) < 4.78 is 6.57. The Hall–Kier alpha value is -0.840. The summed E-state index contributed by atoms with van der Waals surface area (Å²) in [4.78, 5) is 1.31. The Bertz CT molecular complexity index is 499. The van der Waals surface area contributed by atoms with Gasteiger partial charge in [-0.1, -0.05) is 28.1 Å². The fourth-order valence-corrected chi connectivity index (χ4v) is 3.34. The molecule has 2 aromatic rings. The first-order chi connectivity index (χ1) is 8.76. The third kappa shape index (κ3) is 2.94. The number of nitrogens with one attached hydrogen (secondary N) is 1. The van der Waals surface area contributed by atoms with E-state index < -0.39 is 0 Å². The lowest BCUT2D eigenvalue weighted by molar-refractivity contribution is 0.340. The summed E-state index contributed by atoms with van der Waals surface area (Å²) in [6.45, 7) is 2.68. The van der Waals surface area contributed by atoms with Gasteiger partial charge in [-0.3, -0.25) is 0 Å². The number of benzene rings is 1. The third-order valence-electron chi connectivity index (χ3n) is 2.71. The molecule has 0 saturated carbocycles. The van der Waals surface area contributed by atoms with Gasteiger partial charge < -0.3 is 10.1 Å². The predicted octanol–water partition coefficient (Wildman–Crippen LogP) is 4.22. The highest BCUT2D eigenvalue weighted by molar-refractivity contribution is 9.10. The molecule has 18 heavy (non-hydrogen) atoms. The van der Waals surface area contributed by atoms with Gasteiger partial charge in [0, 0.05) is 9.35 Å². The first-order valence-corrected chi connectivity index (χ1v) is 7.56. The maximum Gasteiger partial charge on any atom is 0.120 e. The van der Waals surface area contributed by atoms with Crippen LogP contribution in [0, 0.1) is 0 Å². The zero-order chi connectivity index (χ0) is 13.0. The smallest absolute Gasteiger partial charge is 0.120 e. The molecule has 1 unspecified atom stereocenters. The molecule has 0 spiro atoms. The van der Waals surface area contributed by atoms with Gasteiger partial charge in [-0.25, -0.2) is 0 Å². The lowest BCUT2D eigenvalue weighted by atomic mass is 10.1. The fourth-order valence-electron chi connectivity index (χ4n) is 1.90. The Morgan fingerprint density at radius 3 is 2.78 bits per heavy atom. The molecule has 0 aliphatic carbocycles. The van der Waals surface area contributed by atoms with Gasteiger partial charge in [-0.2, -0.15) is 0 Å². The molecule has 2 nitrogen and oxygen atoms in total. The fraction of sp³-hybridized carbons (Fsp3) is 0.286. The second-order valence-corrected chi connectivity index (χ2v) is 5.69. The van der Waals surface area contributed by atoms with Gasteiger partial charge in [-0.15, -0.1) is 11.3 Å². The van der Waals surface area contributed by atoms with Gasteiger partial charge in [-0.05, 0) is 43.1 Å². The first-order valence-electron chi connectivity index (χ1n) is 5.89. The van der Waals surface area contributed by atoms with E-state index in [1.54, 1.807) is 11.3 Å². The summed E-state index contributed by atoms with van der Waals surface area (Å²) in [5, 5.41) is 5.45. The molecule has 1 atom stereocenters. The Morgan fingerprint density at radius 2 is 2.22 bits per heavy atom. The van der Waals surface area contributed by atoms with Crippen LogP contribution < -0.4 is 10.1 Å². The molecule has 0 bridgehead atoms. The summed E-state index contributed by atoms with van der Waals surface area (Å²) >= 11 is 5.39. The van der Waals surface area contributed by atoms with Crippen molar-refractivity contribution >= 4 is 27.3 Å². The molecule has 0 aliphatic rings. The third-order valence-corrected chi connectivity index (χ3v) is 4.33. The molecule has 0 amide bonds. The highest BCUT2D eigenvalue weighted by atomic mass is 79.9. The predicted molar refractivity (Wildman–Crippen MR) is 80.5 cm³/mol. The van der Waals surface area contributed by atoms with Crippen LogP contribution in [0.5, 0.6) is 5.75 Å². The molecule has 0 fully saturated rings. The van der Waals surface area contributed by atoms with E-state index in [0.717, 1.165) is 10.2 Å². The number of ether oxygens (including phenoxy) is 1. The van der Waals surface area contributed by atoms with Gasteiger partial charge in [0.05, 0.1) is 12.6 Å². The van der Waals surface area contributed by atoms with Crippen LogP contribution in [0.25, 0.3) is 0 Å². The largest absolute Gasteiger partial charge is 0.494 e. The van der Waals surface area contributed by atoms with Gasteiger partial charge >= 0.3 is 0 Å². The molecule has 1 aromatic heterocycles. The molecular weight excluding hydrogens is 310 g/mol. The Balaban J connectivity index is 2.32. The van der Waals surface area contributed by atoms with E-state index in [0.29, 0.717) is 6.61 Å². The lowest BCUT2D eigenvalue weighted by Crippen LogP contribution is -2.16. The Kier molecular flexibility index (Phi) is 4.80. The summed E-state index contributed by atoms with van der Waals surface area (Å²) in [5.74, 6) is 0.897. The number of hydrogen-bond acceptors (Lipinski definition) is 3. The second kappa shape index (κ2) is 6.36. The van der Waals surface area contributed by atoms with Crippen molar-refractivity contribution in [3.05, 3.63) is 50.6 Å². The zero-order valence-corrected chi connectivity index (χ0v) is 12.8. The normalized spacial score (nSPS) is 12.4. The molecule has 0 aliphatic heterocycles. The summed E-state index contributed by atoms with van der Waals surface area (Å²) in [5.41, 5.74) is 1.23. The summed E-state index contributed by atoms with van der Waals surface area (Å²) in [7, 11) is 1.98. The molecular formula is C14H16BrNOS. The number of hydrogen-bond donors (Lipinski definition) is 1. The van der Waals surface area contributed by atoms with Crippen LogP contribution in [0.2, 0.25) is 0 Å². The van der Waals surface area contributed by atoms with E-state index in [1.807, 2.05) is 26.1 Å². The number of halogens is 1. The van der Waals surface area contributed by atoms with Crippen LogP contribution in [0.3, 0.4) is 0 Å². The lowest BCUT2D eigenvalue weighted by Gasteiger charge is -2.17. The number of rotatable bonds is 5. The topological polar surface area (TPSA) is 21.3 Å². The summed E-state index contributed by atoms with van der Waals surface area (Å²) in [6, 6.07) is 10.6. The number of thiophene rings is 1. The SMILES string of the molecule is CCOc1ccc(C(NC)c2cccs2)c(Br)c1. The van der Waals surface area contributed by atoms with Crippen molar-refractivity contribution in [2.75, 3.05) is 13.7 Å². The van der Waals surface area contributed by atoms with Crippen molar-refractivity contribution in [1.29, 1.82) is 0 Å². The van der Waals surface area contributed by atoms with Gasteiger partial charge in [0.2, 0.25) is 0 Å². The minimum atomic E-state index is 0.218. The zero-order valence-electron chi connectivity index (χ0n) is 10.4. The van der Waals surface area contributed by atoms with Crippen molar-refractivity contribution in [3.63, 3.8) is 0 Å². The molecule has 1 heterocycles. The van der Waals surface area contributed by atoms with Gasteiger partial charge in [0.25, 0.3) is 0 Å². The summed E-state index contributed by atoms with van der Waals surface area (Å²) in [6.07, 6.45) is 0. The van der Waals surface area contributed by atoms with Crippen LogP contribution in [0.4, 0.5) is 0 Å². The average molecular weight is 326 g/mol. The van der Waals surface area contributed by atoms with E-state index >= 15 is 0 Å². The minimum absolute atomic E-state index is 0.218. The van der Waals surface area contributed by atoms with Crippen molar-refractivity contribution < 1.29 is 4.74 Å². The molecule has 0 saturated heterocycles. The van der Waals surface area contributed by atoms with Crippen LogP contribution >= 0.6 is 27.3 Å². The quantitative estimate of drug-likeness (QED) is 0.888. The van der Waals surface area contributed by atoms with E-state index in [9.17, 15) is 0 Å². The highest BCUT2D eigenvalue weighted by Gasteiger charge is 2.16. The van der Waals surface area contributed by atoms with Crippen LogP contribution in [-0.2, 0) is 0 Å². The van der Waals surface area contributed by atoms with E-state index in [4.69, 9.17) is 4.74 Å². The Labute approximate surface area is 120 Å². The standard InChI is InChI=1S/C14H16BrNOS/c1-3-17-10-6-7-11(12(15)9-10)14(16-2)13-5-4-8-18-13/h4-9,14,16H,3H2,1-2H3. The van der Waals surface area contributed by atoms with E-state index in [-0.39, 0.29) is 6.04 Å². The van der Waals surface area contributed by atoms with Crippen molar-refractivity contribution in [3.8, 4) is 5.75 Å². The minimum Gasteiger partial charge on any atom is -0.494 e. The van der Waals surface area contributed by atoms with E-state index in [1.165, 1.54) is 10.4 Å². The van der Waals surface area contributed by atoms with Crippen LogP contribution in [-0.4, -0.2) is 13.7 Å². The van der Waals surface area contributed by atoms with Crippen LogP contribution in [0.15, 0.2) is 40.2 Å². The monoisotopic (exact) mass is 325 g/mol. The molecule has 1 aromatic carbocycles. The van der Waals surface area contributed by atoms with Crippen LogP contribution in [0.1, 0.15) is 23.4 Å². The molecule has 1 N–H and O–H groups in total. The van der Waals surface area contributed by atoms with Crippen molar-refractivity contribution in [2.24, 2.45) is 0 Å². The van der Waals surface area contributed by atoms with Crippen molar-refractivity contribution in [2.45, 2.75) is 13.0 Å². The second-order valence-electron chi connectivity index (χ2n) is 3.85. The maximum atomic E-state index is 5.50.